The summed E-state index contributed by atoms with van der Waals surface area (Å²) in [7, 11) is 1.39. The van der Waals surface area contributed by atoms with E-state index in [9.17, 15) is 27.5 Å². The second-order valence-corrected chi connectivity index (χ2v) is 5.50. The quantitative estimate of drug-likeness (QED) is 0.633. The lowest BCUT2D eigenvalue weighted by molar-refractivity contribution is -0.139. The molecule has 0 aromatic heterocycles. The minimum absolute atomic E-state index is 0.0697. The van der Waals surface area contributed by atoms with Crippen LogP contribution in [0, 0.1) is 5.82 Å². The van der Waals surface area contributed by atoms with Gasteiger partial charge in [0.25, 0.3) is 0 Å². The third-order valence-corrected chi connectivity index (χ3v) is 3.88. The lowest BCUT2D eigenvalue weighted by Crippen LogP contribution is -2.23. The van der Waals surface area contributed by atoms with Gasteiger partial charge in [-0.2, -0.15) is 13.2 Å². The first kappa shape index (κ1) is 17.5. The van der Waals surface area contributed by atoms with Crippen LogP contribution in [-0.4, -0.2) is 24.2 Å². The van der Waals surface area contributed by atoms with Crippen LogP contribution in [0.3, 0.4) is 0 Å². The molecule has 0 saturated carbocycles. The summed E-state index contributed by atoms with van der Waals surface area (Å²) in [5.74, 6) is -3.38. The van der Waals surface area contributed by atoms with Crippen molar-refractivity contribution in [1.82, 2.24) is 0 Å². The number of hydrogen-bond donors (Lipinski definition) is 1. The maximum Gasteiger partial charge on any atom is 0.416 e. The van der Waals surface area contributed by atoms with E-state index in [1.807, 2.05) is 0 Å². The molecule has 1 unspecified atom stereocenters. The molecule has 124 valence electrons. The van der Waals surface area contributed by atoms with E-state index in [0.29, 0.717) is 6.07 Å². The van der Waals surface area contributed by atoms with E-state index in [2.05, 4.69) is 4.99 Å². The van der Waals surface area contributed by atoms with Gasteiger partial charge in [0, 0.05) is 37.6 Å². The molecule has 2 rings (SSSR count). The summed E-state index contributed by atoms with van der Waals surface area (Å²) in [5.41, 5.74) is -1.96. The number of Topliss-reactive ketones (excluding diaryl/α,β-unsaturated/α-hetero) is 1. The Bertz CT molecular complexity index is 710. The average Bonchev–Trinajstić information content (AvgIpc) is 2.44. The molecule has 1 N–H and O–H groups in total. The Labute approximate surface area is 134 Å². The van der Waals surface area contributed by atoms with Gasteiger partial charge in [-0.05, 0) is 12.1 Å². The molecule has 0 saturated heterocycles. The van der Waals surface area contributed by atoms with Crippen molar-refractivity contribution >= 4 is 23.6 Å². The van der Waals surface area contributed by atoms with Crippen molar-refractivity contribution < 1.29 is 27.5 Å². The van der Waals surface area contributed by atoms with Crippen molar-refractivity contribution in [3.8, 4) is 0 Å². The van der Waals surface area contributed by atoms with Crippen LogP contribution < -0.4 is 0 Å². The van der Waals surface area contributed by atoms with E-state index in [4.69, 9.17) is 11.6 Å². The van der Waals surface area contributed by atoms with Gasteiger partial charge in [0.2, 0.25) is 0 Å². The second kappa shape index (κ2) is 6.31. The Morgan fingerprint density at radius 2 is 2.00 bits per heavy atom. The molecule has 1 aromatic carbocycles. The third-order valence-electron chi connectivity index (χ3n) is 3.59. The zero-order valence-electron chi connectivity index (χ0n) is 11.9. The molecule has 1 aliphatic rings. The smallest absolute Gasteiger partial charge is 0.416 e. The van der Waals surface area contributed by atoms with Gasteiger partial charge in [0.15, 0.2) is 5.78 Å². The van der Waals surface area contributed by atoms with Crippen LogP contribution in [-0.2, 0) is 11.0 Å². The molecule has 0 heterocycles. The third kappa shape index (κ3) is 3.39. The standard InChI is InChI=1S/C15H12ClF4NO2/c1-21-6-8-11(22)4-7(5-12(8)23)13-9(15(18,19)20)2-3-10(16)14(13)17/h2-3,6-7,22H,4-5H2,1H3. The largest absolute Gasteiger partial charge is 0.511 e. The Kier molecular flexibility index (Phi) is 4.79. The Morgan fingerprint density at radius 1 is 1.35 bits per heavy atom. The number of allylic oxidation sites excluding steroid dienone is 2. The molecular weight excluding hydrogens is 338 g/mol. The molecule has 23 heavy (non-hydrogen) atoms. The van der Waals surface area contributed by atoms with Gasteiger partial charge in [-0.15, -0.1) is 0 Å². The van der Waals surface area contributed by atoms with Crippen LogP contribution in [0.5, 0.6) is 0 Å². The minimum atomic E-state index is -4.80. The van der Waals surface area contributed by atoms with E-state index in [1.54, 1.807) is 0 Å². The monoisotopic (exact) mass is 349 g/mol. The summed E-state index contributed by atoms with van der Waals surface area (Å²) in [6.45, 7) is 0. The number of nitrogens with zero attached hydrogens (tertiary/aromatic N) is 1. The minimum Gasteiger partial charge on any atom is -0.511 e. The topological polar surface area (TPSA) is 49.7 Å². The van der Waals surface area contributed by atoms with Crippen molar-refractivity contribution in [2.24, 2.45) is 4.99 Å². The predicted octanol–water partition coefficient (Wildman–Crippen LogP) is 4.46. The van der Waals surface area contributed by atoms with Gasteiger partial charge >= 0.3 is 6.18 Å². The van der Waals surface area contributed by atoms with Crippen LogP contribution in [0.1, 0.15) is 29.9 Å². The van der Waals surface area contributed by atoms with Gasteiger partial charge in [0.1, 0.15) is 11.6 Å². The molecule has 0 spiro atoms. The van der Waals surface area contributed by atoms with E-state index >= 15 is 0 Å². The fraction of sp³-hybridized carbons (Fsp3) is 0.333. The number of benzene rings is 1. The predicted molar refractivity (Wildman–Crippen MR) is 77.5 cm³/mol. The fourth-order valence-electron chi connectivity index (χ4n) is 2.60. The molecule has 1 aliphatic carbocycles. The Balaban J connectivity index is 2.56. The van der Waals surface area contributed by atoms with Gasteiger partial charge in [-0.1, -0.05) is 11.6 Å². The molecule has 1 atom stereocenters. The molecule has 1 aromatic rings. The average molecular weight is 350 g/mol. The highest BCUT2D eigenvalue weighted by Crippen LogP contribution is 2.43. The van der Waals surface area contributed by atoms with Crippen LogP contribution in [0.2, 0.25) is 5.02 Å². The molecule has 0 amide bonds. The number of alkyl halides is 3. The number of carbonyl (C=O) groups excluding carboxylic acids is 1. The summed E-state index contributed by atoms with van der Waals surface area (Å²) >= 11 is 5.58. The molecule has 0 aliphatic heterocycles. The maximum absolute atomic E-state index is 14.2. The molecule has 8 heteroatoms. The Hall–Kier alpha value is -1.89. The summed E-state index contributed by atoms with van der Waals surface area (Å²) in [6, 6.07) is 1.49. The number of hydrogen-bond acceptors (Lipinski definition) is 3. The van der Waals surface area contributed by atoms with E-state index in [-0.39, 0.29) is 18.4 Å². The molecule has 0 bridgehead atoms. The van der Waals surface area contributed by atoms with E-state index < -0.39 is 45.6 Å². The van der Waals surface area contributed by atoms with Gasteiger partial charge in [0.05, 0.1) is 16.2 Å². The number of halogens is 5. The number of ketones is 1. The van der Waals surface area contributed by atoms with Crippen LogP contribution in [0.15, 0.2) is 28.5 Å². The van der Waals surface area contributed by atoms with Crippen LogP contribution in [0.25, 0.3) is 0 Å². The first-order chi connectivity index (χ1) is 10.7. The first-order valence-corrected chi connectivity index (χ1v) is 6.97. The van der Waals surface area contributed by atoms with Crippen molar-refractivity contribution in [1.29, 1.82) is 0 Å². The highest BCUT2D eigenvalue weighted by Gasteiger charge is 2.40. The van der Waals surface area contributed by atoms with Crippen molar-refractivity contribution in [3.05, 3.63) is 45.4 Å². The molecular formula is C15H12ClF4NO2. The zero-order valence-corrected chi connectivity index (χ0v) is 12.7. The van der Waals surface area contributed by atoms with Gasteiger partial charge in [-0.25, -0.2) is 4.39 Å². The van der Waals surface area contributed by atoms with E-state index in [0.717, 1.165) is 12.3 Å². The zero-order chi connectivity index (χ0) is 17.4. The number of carbonyl (C=O) groups is 1. The number of aliphatic hydroxyl groups excluding tert-OH is 1. The first-order valence-electron chi connectivity index (χ1n) is 6.59. The normalized spacial score (nSPS) is 19.7. The number of aliphatic imine (C=N–C) groups is 1. The highest BCUT2D eigenvalue weighted by atomic mass is 35.5. The molecule has 3 nitrogen and oxygen atoms in total. The van der Waals surface area contributed by atoms with Crippen LogP contribution in [0.4, 0.5) is 17.6 Å². The lowest BCUT2D eigenvalue weighted by Gasteiger charge is -2.26. The van der Waals surface area contributed by atoms with Crippen molar-refractivity contribution in [2.45, 2.75) is 24.9 Å². The SMILES string of the molecule is CN=CC1=C(O)CC(c2c(C(F)(F)F)ccc(Cl)c2F)CC1=O. The fourth-order valence-corrected chi connectivity index (χ4v) is 2.77. The van der Waals surface area contributed by atoms with Crippen molar-refractivity contribution in [3.63, 3.8) is 0 Å². The maximum atomic E-state index is 14.2. The highest BCUT2D eigenvalue weighted by molar-refractivity contribution is 6.30. The summed E-state index contributed by atoms with van der Waals surface area (Å²) < 4.78 is 53.6. The summed E-state index contributed by atoms with van der Waals surface area (Å²) in [6.07, 6.45) is -4.33. The second-order valence-electron chi connectivity index (χ2n) is 5.10. The summed E-state index contributed by atoms with van der Waals surface area (Å²) in [5, 5.41) is 9.42. The molecule has 0 radical (unpaired) electrons. The van der Waals surface area contributed by atoms with Crippen molar-refractivity contribution in [2.75, 3.05) is 7.05 Å². The number of aliphatic hydroxyl groups is 1. The Morgan fingerprint density at radius 3 is 2.52 bits per heavy atom. The van der Waals surface area contributed by atoms with E-state index in [1.165, 1.54) is 7.05 Å². The van der Waals surface area contributed by atoms with Crippen LogP contribution >= 0.6 is 11.6 Å². The summed E-state index contributed by atoms with van der Waals surface area (Å²) in [4.78, 5) is 15.6. The number of rotatable bonds is 2. The van der Waals surface area contributed by atoms with Gasteiger partial charge < -0.3 is 5.11 Å². The van der Waals surface area contributed by atoms with Gasteiger partial charge in [-0.3, -0.25) is 9.79 Å². The molecule has 0 fully saturated rings. The lowest BCUT2D eigenvalue weighted by atomic mass is 9.80.